The number of Topliss-reactive ketones (excluding diaryl/α,β-unsaturated/α-hetero) is 1. The fourth-order valence-electron chi connectivity index (χ4n) is 4.05. The number of aliphatic hydroxyl groups excluding tert-OH is 1. The molecule has 1 N–H and O–H groups in total. The average Bonchev–Trinajstić information content (AvgIpc) is 3.04. The van der Waals surface area contributed by atoms with Gasteiger partial charge in [-0.15, -0.1) is 0 Å². The summed E-state index contributed by atoms with van der Waals surface area (Å²) in [6.45, 7) is 1.96. The number of hydrogen-bond donors (Lipinski definition) is 1. The number of hydrogen-bond acceptors (Lipinski definition) is 2. The van der Waals surface area contributed by atoms with Crippen LogP contribution < -0.4 is 0 Å². The van der Waals surface area contributed by atoms with Crippen LogP contribution in [0.2, 0.25) is 10.0 Å². The number of benzene rings is 2. The summed E-state index contributed by atoms with van der Waals surface area (Å²) in [5.41, 5.74) is 3.97. The van der Waals surface area contributed by atoms with Gasteiger partial charge >= 0.3 is 0 Å². The molecule has 0 heterocycles. The topological polar surface area (TPSA) is 37.3 Å². The van der Waals surface area contributed by atoms with Gasteiger partial charge in [0.15, 0.2) is 5.78 Å². The lowest BCUT2D eigenvalue weighted by Gasteiger charge is -2.23. The van der Waals surface area contributed by atoms with E-state index in [1.54, 1.807) is 12.1 Å². The van der Waals surface area contributed by atoms with Crippen molar-refractivity contribution < 1.29 is 9.90 Å². The Morgan fingerprint density at radius 2 is 1.76 bits per heavy atom. The third-order valence-electron chi connectivity index (χ3n) is 5.44. The number of aryl methyl sites for hydroxylation is 1. The van der Waals surface area contributed by atoms with Crippen molar-refractivity contribution in [3.8, 4) is 11.1 Å². The number of aliphatic hydroxyl groups is 1. The Labute approximate surface area is 157 Å². The molecule has 2 aliphatic carbocycles. The summed E-state index contributed by atoms with van der Waals surface area (Å²) in [4.78, 5) is 12.9. The Hall–Kier alpha value is -1.77. The minimum atomic E-state index is 0.0497. The van der Waals surface area contributed by atoms with Crippen LogP contribution in [0.25, 0.3) is 16.7 Å². The third kappa shape index (κ3) is 2.78. The molecule has 4 rings (SSSR count). The van der Waals surface area contributed by atoms with E-state index in [4.69, 9.17) is 23.2 Å². The van der Waals surface area contributed by atoms with E-state index >= 15 is 0 Å². The summed E-state index contributed by atoms with van der Waals surface area (Å²) < 4.78 is 0. The average molecular weight is 373 g/mol. The third-order valence-corrected chi connectivity index (χ3v) is 6.00. The lowest BCUT2D eigenvalue weighted by atomic mass is 9.81. The second-order valence-corrected chi connectivity index (χ2v) is 7.83. The van der Waals surface area contributed by atoms with E-state index < -0.39 is 0 Å². The minimum Gasteiger partial charge on any atom is -0.511 e. The second kappa shape index (κ2) is 6.19. The maximum absolute atomic E-state index is 12.9. The first-order valence-corrected chi connectivity index (χ1v) is 9.25. The number of rotatable bonds is 2. The number of allylic oxidation sites excluding steroid dienone is 2. The quantitative estimate of drug-likeness (QED) is 0.677. The summed E-state index contributed by atoms with van der Waals surface area (Å²) in [5.74, 6) is 0.504. The molecule has 2 aromatic carbocycles. The maximum Gasteiger partial charge on any atom is 0.169 e. The molecule has 0 saturated heterocycles. The van der Waals surface area contributed by atoms with Crippen molar-refractivity contribution in [1.29, 1.82) is 0 Å². The van der Waals surface area contributed by atoms with Crippen LogP contribution in [0.1, 0.15) is 30.4 Å². The highest BCUT2D eigenvalue weighted by atomic mass is 35.5. The molecule has 2 aromatic rings. The highest BCUT2D eigenvalue weighted by Crippen LogP contribution is 2.46. The normalized spacial score (nSPS) is 22.6. The zero-order valence-corrected chi connectivity index (χ0v) is 15.4. The largest absolute Gasteiger partial charge is 0.511 e. The Bertz CT molecular complexity index is 914. The van der Waals surface area contributed by atoms with E-state index in [9.17, 15) is 9.90 Å². The molecule has 0 radical (unpaired) electrons. The summed E-state index contributed by atoms with van der Waals surface area (Å²) in [6, 6.07) is 11.2. The maximum atomic E-state index is 12.9. The smallest absolute Gasteiger partial charge is 0.169 e. The molecule has 2 nitrogen and oxygen atoms in total. The van der Waals surface area contributed by atoms with Gasteiger partial charge in [-0.2, -0.15) is 0 Å². The molecule has 0 spiro atoms. The van der Waals surface area contributed by atoms with Crippen LogP contribution in [0.3, 0.4) is 0 Å². The number of fused-ring (bicyclic) bond motifs is 2. The highest BCUT2D eigenvalue weighted by Gasteiger charge is 2.41. The van der Waals surface area contributed by atoms with Gasteiger partial charge in [0.05, 0.1) is 5.57 Å². The van der Waals surface area contributed by atoms with Crippen molar-refractivity contribution in [2.75, 3.05) is 0 Å². The molecule has 0 amide bonds. The van der Waals surface area contributed by atoms with Crippen LogP contribution in [0, 0.1) is 18.8 Å². The number of ketones is 1. The van der Waals surface area contributed by atoms with E-state index in [1.165, 1.54) is 0 Å². The molecule has 25 heavy (non-hydrogen) atoms. The van der Waals surface area contributed by atoms with Crippen molar-refractivity contribution in [3.63, 3.8) is 0 Å². The van der Waals surface area contributed by atoms with Gasteiger partial charge in [-0.05, 0) is 67.1 Å². The fraction of sp³-hybridized carbons (Fsp3) is 0.286. The predicted molar refractivity (Wildman–Crippen MR) is 102 cm³/mol. The summed E-state index contributed by atoms with van der Waals surface area (Å²) in [5, 5.41) is 11.9. The van der Waals surface area contributed by atoms with Gasteiger partial charge in [-0.1, -0.05) is 35.3 Å². The van der Waals surface area contributed by atoms with Crippen LogP contribution in [-0.4, -0.2) is 10.9 Å². The molecule has 1 fully saturated rings. The lowest BCUT2D eigenvalue weighted by molar-refractivity contribution is -0.117. The zero-order chi connectivity index (χ0) is 17.7. The monoisotopic (exact) mass is 372 g/mol. The Morgan fingerprint density at radius 3 is 2.56 bits per heavy atom. The van der Waals surface area contributed by atoms with Crippen molar-refractivity contribution in [3.05, 3.63) is 63.3 Å². The molecule has 2 unspecified atom stereocenters. The number of carbonyl (C=O) groups excluding carboxylic acids is 1. The van der Waals surface area contributed by atoms with E-state index in [0.717, 1.165) is 41.5 Å². The molecule has 1 saturated carbocycles. The summed E-state index contributed by atoms with van der Waals surface area (Å²) in [6.07, 6.45) is 2.55. The molecule has 0 aliphatic heterocycles. The minimum absolute atomic E-state index is 0.0497. The van der Waals surface area contributed by atoms with Gasteiger partial charge in [0, 0.05) is 27.4 Å². The van der Waals surface area contributed by atoms with Crippen molar-refractivity contribution in [1.82, 2.24) is 0 Å². The Balaban J connectivity index is 1.88. The van der Waals surface area contributed by atoms with Gasteiger partial charge in [0.2, 0.25) is 0 Å². The molecule has 2 atom stereocenters. The van der Waals surface area contributed by atoms with E-state index in [-0.39, 0.29) is 23.4 Å². The van der Waals surface area contributed by atoms with Gasteiger partial charge < -0.3 is 5.11 Å². The van der Waals surface area contributed by atoms with Gasteiger partial charge in [-0.3, -0.25) is 4.79 Å². The van der Waals surface area contributed by atoms with Gasteiger partial charge in [0.1, 0.15) is 5.76 Å². The van der Waals surface area contributed by atoms with Crippen LogP contribution in [-0.2, 0) is 4.79 Å². The van der Waals surface area contributed by atoms with E-state index in [0.29, 0.717) is 15.6 Å². The molecule has 128 valence electrons. The second-order valence-electron chi connectivity index (χ2n) is 6.99. The zero-order valence-electron chi connectivity index (χ0n) is 13.9. The highest BCUT2D eigenvalue weighted by molar-refractivity contribution is 6.35. The number of halogens is 2. The van der Waals surface area contributed by atoms with Gasteiger partial charge in [-0.25, -0.2) is 0 Å². The molecular weight excluding hydrogens is 355 g/mol. The molecule has 4 heteroatoms. The SMILES string of the molecule is Cc1ccc(-c2cc(Cl)ccc2Cl)cc1C1=C(O)C2CCC(C2)C1=O. The van der Waals surface area contributed by atoms with E-state index in [1.807, 2.05) is 31.2 Å². The summed E-state index contributed by atoms with van der Waals surface area (Å²) >= 11 is 12.5. The lowest BCUT2D eigenvalue weighted by Crippen LogP contribution is -2.21. The Morgan fingerprint density at radius 1 is 1.00 bits per heavy atom. The van der Waals surface area contributed by atoms with Crippen LogP contribution in [0.5, 0.6) is 0 Å². The molecule has 2 aliphatic rings. The first kappa shape index (κ1) is 16.7. The molecule has 0 aromatic heterocycles. The standard InChI is InChI=1S/C21H18Cl2O2/c1-11-2-3-12(17-10-15(22)6-7-18(17)23)9-16(11)19-20(24)13-4-5-14(8-13)21(19)25/h2-3,6-7,9-10,13-14,24H,4-5,8H2,1H3. The van der Waals surface area contributed by atoms with Gasteiger partial charge in [0.25, 0.3) is 0 Å². The molecular formula is C21H18Cl2O2. The van der Waals surface area contributed by atoms with Crippen LogP contribution >= 0.6 is 23.2 Å². The summed E-state index contributed by atoms with van der Waals surface area (Å²) in [7, 11) is 0. The predicted octanol–water partition coefficient (Wildman–Crippen LogP) is 6.24. The van der Waals surface area contributed by atoms with E-state index in [2.05, 4.69) is 0 Å². The van der Waals surface area contributed by atoms with Crippen LogP contribution in [0.4, 0.5) is 0 Å². The number of carbonyl (C=O) groups is 1. The fourth-order valence-corrected chi connectivity index (χ4v) is 4.45. The first-order valence-electron chi connectivity index (χ1n) is 8.49. The Kier molecular flexibility index (Phi) is 4.13. The molecule has 2 bridgehead atoms. The van der Waals surface area contributed by atoms with Crippen molar-refractivity contribution >= 4 is 34.6 Å². The first-order chi connectivity index (χ1) is 12.0. The van der Waals surface area contributed by atoms with Crippen molar-refractivity contribution in [2.45, 2.75) is 26.2 Å². The van der Waals surface area contributed by atoms with Crippen LogP contribution in [0.15, 0.2) is 42.2 Å². The van der Waals surface area contributed by atoms with Crippen molar-refractivity contribution in [2.24, 2.45) is 11.8 Å².